The molecule has 0 saturated heterocycles. The van der Waals surface area contributed by atoms with Crippen molar-refractivity contribution in [3.05, 3.63) is 18.3 Å². The molecule has 0 aliphatic heterocycles. The largest absolute Gasteiger partial charge is 0.276 e. The van der Waals surface area contributed by atoms with Gasteiger partial charge in [-0.25, -0.2) is 8.42 Å². The summed E-state index contributed by atoms with van der Waals surface area (Å²) in [7, 11) is -3.54. The Bertz CT molecular complexity index is 805. The predicted octanol–water partition coefficient (Wildman–Crippen LogP) is 1.76. The average molecular weight is 339 g/mol. The van der Waals surface area contributed by atoms with Crippen LogP contribution in [0.5, 0.6) is 0 Å². The fraction of sp³-hybridized carbons (Fsp3) is 0.462. The number of rotatable bonds is 6. The van der Waals surface area contributed by atoms with E-state index < -0.39 is 10.0 Å². The molecule has 22 heavy (non-hydrogen) atoms. The Kier molecular flexibility index (Phi) is 5.05. The summed E-state index contributed by atoms with van der Waals surface area (Å²) in [6.45, 7) is 6.17. The fourth-order valence-electron chi connectivity index (χ4n) is 1.98. The van der Waals surface area contributed by atoms with E-state index in [4.69, 9.17) is 5.26 Å². The van der Waals surface area contributed by atoms with Crippen molar-refractivity contribution in [3.63, 3.8) is 0 Å². The molecule has 0 radical (unpaired) electrons. The minimum atomic E-state index is -3.54. The van der Waals surface area contributed by atoms with Gasteiger partial charge in [-0.2, -0.15) is 9.57 Å². The summed E-state index contributed by atoms with van der Waals surface area (Å²) in [5, 5.41) is 17.1. The van der Waals surface area contributed by atoms with E-state index in [-0.39, 0.29) is 10.1 Å². The summed E-state index contributed by atoms with van der Waals surface area (Å²) in [5.41, 5.74) is 0.547. The van der Waals surface area contributed by atoms with E-state index in [0.717, 1.165) is 0 Å². The number of fused-ring (bicyclic) bond motifs is 1. The van der Waals surface area contributed by atoms with E-state index in [9.17, 15) is 8.42 Å². The van der Waals surface area contributed by atoms with E-state index in [1.54, 1.807) is 31.2 Å². The molecular weight excluding hydrogens is 322 g/mol. The molecule has 0 saturated carbocycles. The van der Waals surface area contributed by atoms with Crippen LogP contribution in [0.4, 0.5) is 0 Å². The first-order chi connectivity index (χ1) is 10.4. The third-order valence-corrected chi connectivity index (χ3v) is 6.13. The normalized spacial score (nSPS) is 13.4. The second-order valence-corrected chi connectivity index (χ2v) is 7.80. The molecule has 0 fully saturated rings. The summed E-state index contributed by atoms with van der Waals surface area (Å²) < 4.78 is 28.1. The summed E-state index contributed by atoms with van der Waals surface area (Å²) in [4.78, 5) is 0.190. The minimum absolute atomic E-state index is 0.190. The first-order valence-corrected chi connectivity index (χ1v) is 9.17. The van der Waals surface area contributed by atoms with Crippen molar-refractivity contribution in [2.45, 2.75) is 36.1 Å². The number of pyridine rings is 1. The van der Waals surface area contributed by atoms with Crippen molar-refractivity contribution in [2.75, 3.05) is 13.1 Å². The molecule has 2 rings (SSSR count). The van der Waals surface area contributed by atoms with Gasteiger partial charge in [-0.3, -0.25) is 4.40 Å². The number of hydrogen-bond donors (Lipinski definition) is 0. The molecule has 2 aromatic rings. The highest BCUT2D eigenvalue weighted by atomic mass is 32.2. The Morgan fingerprint density at radius 1 is 1.36 bits per heavy atom. The van der Waals surface area contributed by atoms with E-state index in [0.29, 0.717) is 23.9 Å². The lowest BCUT2D eigenvalue weighted by Crippen LogP contribution is -2.30. The second-order valence-electron chi connectivity index (χ2n) is 4.55. The number of sulfonamides is 1. The summed E-state index contributed by atoms with van der Waals surface area (Å²) in [6.07, 6.45) is 1.51. The third kappa shape index (κ3) is 3.09. The average Bonchev–Trinajstić information content (AvgIpc) is 2.90. The number of thioether (sulfide) groups is 1. The van der Waals surface area contributed by atoms with Gasteiger partial charge in [-0.1, -0.05) is 25.6 Å². The van der Waals surface area contributed by atoms with Gasteiger partial charge < -0.3 is 0 Å². The van der Waals surface area contributed by atoms with Crippen LogP contribution < -0.4 is 0 Å². The van der Waals surface area contributed by atoms with Crippen LogP contribution in [0, 0.1) is 11.3 Å². The highest BCUT2D eigenvalue weighted by molar-refractivity contribution is 8.00. The summed E-state index contributed by atoms with van der Waals surface area (Å²) in [6, 6.07) is 5.25. The topological polar surface area (TPSA) is 91.4 Å². The van der Waals surface area contributed by atoms with Crippen LogP contribution in [0.2, 0.25) is 0 Å². The standard InChI is InChI=1S/C13H17N5O2S2/c1-4-17(5-2)22(19,20)11-6-7-12-15-16-13(18(12)9-11)21-10(3)8-14/h6-7,9-10H,4-5H2,1-3H3/t10-/m0/s1. The lowest BCUT2D eigenvalue weighted by atomic mass is 10.5. The molecule has 9 heteroatoms. The zero-order valence-corrected chi connectivity index (χ0v) is 14.2. The highest BCUT2D eigenvalue weighted by Crippen LogP contribution is 2.23. The monoisotopic (exact) mass is 339 g/mol. The van der Waals surface area contributed by atoms with Crippen molar-refractivity contribution in [2.24, 2.45) is 0 Å². The molecule has 7 nitrogen and oxygen atoms in total. The van der Waals surface area contributed by atoms with Crippen molar-refractivity contribution in [3.8, 4) is 6.07 Å². The van der Waals surface area contributed by atoms with Gasteiger partial charge in [-0.15, -0.1) is 10.2 Å². The number of aromatic nitrogens is 3. The number of hydrogen-bond acceptors (Lipinski definition) is 6. The van der Waals surface area contributed by atoms with E-state index >= 15 is 0 Å². The molecule has 0 aliphatic rings. The maximum absolute atomic E-state index is 12.6. The number of nitriles is 1. The number of nitrogens with zero attached hydrogens (tertiary/aromatic N) is 5. The Morgan fingerprint density at radius 3 is 2.64 bits per heavy atom. The molecule has 2 heterocycles. The van der Waals surface area contributed by atoms with E-state index in [2.05, 4.69) is 16.3 Å². The molecular formula is C13H17N5O2S2. The van der Waals surface area contributed by atoms with Crippen LogP contribution in [0.15, 0.2) is 28.4 Å². The molecule has 0 bridgehead atoms. The van der Waals surface area contributed by atoms with Gasteiger partial charge in [0.25, 0.3) is 0 Å². The van der Waals surface area contributed by atoms with Gasteiger partial charge in [0.1, 0.15) is 0 Å². The van der Waals surface area contributed by atoms with Gasteiger partial charge in [0.2, 0.25) is 10.0 Å². The van der Waals surface area contributed by atoms with Gasteiger partial charge in [0, 0.05) is 19.3 Å². The first kappa shape index (κ1) is 16.7. The molecule has 0 aromatic carbocycles. The van der Waals surface area contributed by atoms with Crippen LogP contribution in [0.3, 0.4) is 0 Å². The predicted molar refractivity (Wildman–Crippen MR) is 84.0 cm³/mol. The Hall–Kier alpha value is -1.63. The first-order valence-electron chi connectivity index (χ1n) is 6.85. The molecule has 0 N–H and O–H groups in total. The van der Waals surface area contributed by atoms with E-state index in [1.165, 1.54) is 28.3 Å². The third-order valence-electron chi connectivity index (χ3n) is 3.15. The minimum Gasteiger partial charge on any atom is -0.276 e. The van der Waals surface area contributed by atoms with Crippen LogP contribution in [-0.2, 0) is 10.0 Å². The van der Waals surface area contributed by atoms with Crippen LogP contribution in [0.25, 0.3) is 5.65 Å². The molecule has 118 valence electrons. The summed E-state index contributed by atoms with van der Waals surface area (Å²) in [5.74, 6) is 0. The smallest absolute Gasteiger partial charge is 0.244 e. The zero-order chi connectivity index (χ0) is 16.3. The molecule has 0 spiro atoms. The van der Waals surface area contributed by atoms with Gasteiger partial charge in [0.15, 0.2) is 10.8 Å². The highest BCUT2D eigenvalue weighted by Gasteiger charge is 2.23. The second kappa shape index (κ2) is 6.64. The molecule has 1 atom stereocenters. The van der Waals surface area contributed by atoms with Crippen LogP contribution >= 0.6 is 11.8 Å². The Balaban J connectivity index is 2.50. The summed E-state index contributed by atoms with van der Waals surface area (Å²) >= 11 is 1.24. The van der Waals surface area contributed by atoms with Gasteiger partial charge >= 0.3 is 0 Å². The molecule has 2 aromatic heterocycles. The SMILES string of the molecule is CCN(CC)S(=O)(=O)c1ccc2nnc(S[C@@H](C)C#N)n2c1. The maximum Gasteiger partial charge on any atom is 0.244 e. The molecule has 0 amide bonds. The lowest BCUT2D eigenvalue weighted by molar-refractivity contribution is 0.445. The quantitative estimate of drug-likeness (QED) is 0.745. The van der Waals surface area contributed by atoms with Crippen molar-refractivity contribution < 1.29 is 8.42 Å². The van der Waals surface area contributed by atoms with Crippen molar-refractivity contribution in [1.29, 1.82) is 5.26 Å². The maximum atomic E-state index is 12.6. The Morgan fingerprint density at radius 2 is 2.05 bits per heavy atom. The van der Waals surface area contributed by atoms with Gasteiger partial charge in [0.05, 0.1) is 16.2 Å². The van der Waals surface area contributed by atoms with E-state index in [1.807, 2.05) is 0 Å². The lowest BCUT2D eigenvalue weighted by Gasteiger charge is -2.18. The van der Waals surface area contributed by atoms with Crippen molar-refractivity contribution >= 4 is 27.4 Å². The molecule has 0 unspecified atom stereocenters. The fourth-order valence-corrected chi connectivity index (χ4v) is 4.15. The Labute approximate surface area is 134 Å². The van der Waals surface area contributed by atoms with Gasteiger partial charge in [-0.05, 0) is 19.1 Å². The van der Waals surface area contributed by atoms with Crippen LogP contribution in [-0.4, -0.2) is 45.7 Å². The van der Waals surface area contributed by atoms with Crippen molar-refractivity contribution in [1.82, 2.24) is 18.9 Å². The molecule has 0 aliphatic carbocycles. The zero-order valence-electron chi connectivity index (χ0n) is 12.6. The van der Waals surface area contributed by atoms with Crippen LogP contribution in [0.1, 0.15) is 20.8 Å².